The number of hydrogen-bond acceptors (Lipinski definition) is 3. The van der Waals surface area contributed by atoms with Gasteiger partial charge in [-0.3, -0.25) is 4.79 Å². The van der Waals surface area contributed by atoms with Crippen LogP contribution in [0.1, 0.15) is 12.8 Å². The molecule has 0 aromatic carbocycles. The van der Waals surface area contributed by atoms with Gasteiger partial charge in [0.1, 0.15) is 0 Å². The van der Waals surface area contributed by atoms with Crippen molar-refractivity contribution >= 4 is 11.9 Å². The van der Waals surface area contributed by atoms with Gasteiger partial charge < -0.3 is 19.7 Å². The second-order valence-electron chi connectivity index (χ2n) is 4.73. The number of carboxylic acid groups (broad SMARTS) is 1. The average Bonchev–Trinajstić information content (AvgIpc) is 2.23. The van der Waals surface area contributed by atoms with Crippen molar-refractivity contribution in [1.29, 1.82) is 0 Å². The van der Waals surface area contributed by atoms with Crippen LogP contribution in [-0.4, -0.2) is 50.6 Å². The van der Waals surface area contributed by atoms with Crippen molar-refractivity contribution in [2.24, 2.45) is 0 Å². The Morgan fingerprint density at radius 1 is 1.28 bits per heavy atom. The molecule has 0 aliphatic heterocycles. The molecule has 0 spiro atoms. The van der Waals surface area contributed by atoms with E-state index in [2.05, 4.69) is 39.6 Å². The molecule has 18 heavy (non-hydrogen) atoms. The van der Waals surface area contributed by atoms with Gasteiger partial charge in [0.25, 0.3) is 0 Å². The standard InChI is InChI=1S/C9H18N2O.C4H6O2/c1-5-9(12)10-7-6-8-11(2,3)4;1-2-3-4(5)6/h5H,1,6-8H2,2-4H3;2H,1,3H2,(H,5,6). The molecule has 104 valence electrons. The highest BCUT2D eigenvalue weighted by atomic mass is 16.4. The fraction of sp³-hybridized carbons (Fsp3) is 0.538. The topological polar surface area (TPSA) is 69.2 Å². The van der Waals surface area contributed by atoms with Crippen LogP contribution < -0.4 is 10.4 Å². The summed E-state index contributed by atoms with van der Waals surface area (Å²) in [5.41, 5.74) is 0. The molecule has 0 heterocycles. The van der Waals surface area contributed by atoms with Gasteiger partial charge in [0.15, 0.2) is 0 Å². The maximum Gasteiger partial charge on any atom is 0.243 e. The lowest BCUT2D eigenvalue weighted by molar-refractivity contribution is -0.870. The summed E-state index contributed by atoms with van der Waals surface area (Å²) in [6.07, 6.45) is 3.53. The van der Waals surface area contributed by atoms with Crippen molar-refractivity contribution in [3.63, 3.8) is 0 Å². The smallest absolute Gasteiger partial charge is 0.243 e. The van der Waals surface area contributed by atoms with E-state index in [0.29, 0.717) is 0 Å². The van der Waals surface area contributed by atoms with Gasteiger partial charge in [0, 0.05) is 25.4 Å². The lowest BCUT2D eigenvalue weighted by Gasteiger charge is -2.23. The molecule has 0 atom stereocenters. The van der Waals surface area contributed by atoms with Gasteiger partial charge >= 0.3 is 0 Å². The average molecular weight is 256 g/mol. The largest absolute Gasteiger partial charge is 0.550 e. The molecule has 1 N–H and O–H groups in total. The molecule has 0 aliphatic carbocycles. The van der Waals surface area contributed by atoms with Gasteiger partial charge in [-0.1, -0.05) is 12.7 Å². The summed E-state index contributed by atoms with van der Waals surface area (Å²) in [6, 6.07) is 0. The number of rotatable bonds is 7. The Morgan fingerprint density at radius 3 is 2.11 bits per heavy atom. The minimum Gasteiger partial charge on any atom is -0.550 e. The van der Waals surface area contributed by atoms with Crippen LogP contribution in [0.5, 0.6) is 0 Å². The fourth-order valence-electron chi connectivity index (χ4n) is 0.955. The van der Waals surface area contributed by atoms with Crippen molar-refractivity contribution in [2.75, 3.05) is 34.2 Å². The Balaban J connectivity index is 0. The number of aliphatic carboxylic acids is 1. The molecule has 0 unspecified atom stereocenters. The molecule has 0 saturated carbocycles. The molecule has 0 rings (SSSR count). The van der Waals surface area contributed by atoms with Crippen LogP contribution in [0.25, 0.3) is 0 Å². The van der Waals surface area contributed by atoms with Crippen molar-refractivity contribution < 1.29 is 19.2 Å². The van der Waals surface area contributed by atoms with Gasteiger partial charge in [-0.25, -0.2) is 0 Å². The first-order valence-electron chi connectivity index (χ1n) is 5.74. The van der Waals surface area contributed by atoms with E-state index in [1.807, 2.05) is 0 Å². The Hall–Kier alpha value is -1.62. The van der Waals surface area contributed by atoms with E-state index in [1.54, 1.807) is 0 Å². The van der Waals surface area contributed by atoms with Crippen molar-refractivity contribution in [1.82, 2.24) is 5.32 Å². The van der Waals surface area contributed by atoms with Crippen LogP contribution in [0.2, 0.25) is 0 Å². The number of nitrogens with zero attached hydrogens (tertiary/aromatic N) is 1. The first kappa shape index (κ1) is 18.7. The SMILES string of the molecule is C=CC(=O)NCCC[N+](C)(C)C.C=CCC(=O)[O-]. The monoisotopic (exact) mass is 256 g/mol. The highest BCUT2D eigenvalue weighted by Gasteiger charge is 2.05. The molecule has 0 bridgehead atoms. The number of carbonyl (C=O) groups excluding carboxylic acids is 2. The second kappa shape index (κ2) is 10.5. The van der Waals surface area contributed by atoms with Gasteiger partial charge in [-0.05, 0) is 6.08 Å². The van der Waals surface area contributed by atoms with E-state index in [9.17, 15) is 14.7 Å². The Labute approximate surface area is 109 Å². The molecule has 0 aromatic rings. The third-order valence-corrected chi connectivity index (χ3v) is 1.80. The molecule has 5 heteroatoms. The summed E-state index contributed by atoms with van der Waals surface area (Å²) >= 11 is 0. The number of carbonyl (C=O) groups is 2. The molecular formula is C13H24N2O3. The van der Waals surface area contributed by atoms with Gasteiger partial charge in [-0.15, -0.1) is 6.58 Å². The number of amides is 1. The van der Waals surface area contributed by atoms with E-state index in [1.165, 1.54) is 12.2 Å². The van der Waals surface area contributed by atoms with Crippen LogP contribution in [0.4, 0.5) is 0 Å². The van der Waals surface area contributed by atoms with E-state index >= 15 is 0 Å². The molecule has 0 aromatic heterocycles. The molecule has 0 saturated heterocycles. The van der Waals surface area contributed by atoms with Crippen LogP contribution >= 0.6 is 0 Å². The molecular weight excluding hydrogens is 232 g/mol. The van der Waals surface area contributed by atoms with Crippen LogP contribution in [0.15, 0.2) is 25.3 Å². The lowest BCUT2D eigenvalue weighted by Crippen LogP contribution is -2.37. The Morgan fingerprint density at radius 2 is 1.83 bits per heavy atom. The summed E-state index contributed by atoms with van der Waals surface area (Å²) in [5, 5.41) is 12.2. The first-order valence-corrected chi connectivity index (χ1v) is 5.74. The molecule has 0 aliphatic rings. The van der Waals surface area contributed by atoms with E-state index in [4.69, 9.17) is 0 Å². The fourth-order valence-corrected chi connectivity index (χ4v) is 0.955. The number of nitrogens with one attached hydrogen (secondary N) is 1. The maximum atomic E-state index is 10.7. The van der Waals surface area contributed by atoms with Gasteiger partial charge in [0.2, 0.25) is 5.91 Å². The molecule has 0 radical (unpaired) electrons. The van der Waals surface area contributed by atoms with Crippen molar-refractivity contribution in [3.8, 4) is 0 Å². The third kappa shape index (κ3) is 19.9. The van der Waals surface area contributed by atoms with Crippen molar-refractivity contribution in [3.05, 3.63) is 25.3 Å². The normalized spacial score (nSPS) is 9.72. The second-order valence-corrected chi connectivity index (χ2v) is 4.73. The third-order valence-electron chi connectivity index (χ3n) is 1.80. The first-order chi connectivity index (χ1) is 8.22. The van der Waals surface area contributed by atoms with Crippen LogP contribution in [0.3, 0.4) is 0 Å². The zero-order chi connectivity index (χ0) is 14.6. The zero-order valence-electron chi connectivity index (χ0n) is 11.6. The van der Waals surface area contributed by atoms with Crippen molar-refractivity contribution in [2.45, 2.75) is 12.8 Å². The summed E-state index contributed by atoms with van der Waals surface area (Å²) in [7, 11) is 6.40. The highest BCUT2D eigenvalue weighted by Crippen LogP contribution is 1.91. The number of quaternary nitrogens is 1. The van der Waals surface area contributed by atoms with Crippen LogP contribution in [-0.2, 0) is 9.59 Å². The Kier molecular flexibility index (Phi) is 11.0. The predicted octanol–water partition coefficient (Wildman–Crippen LogP) is -0.303. The van der Waals surface area contributed by atoms with E-state index < -0.39 is 5.97 Å². The predicted molar refractivity (Wildman–Crippen MR) is 70.5 cm³/mol. The molecule has 0 fully saturated rings. The quantitative estimate of drug-likeness (QED) is 0.294. The minimum atomic E-state index is -1.08. The summed E-state index contributed by atoms with van der Waals surface area (Å²) in [5.74, 6) is -1.17. The number of hydrogen-bond donors (Lipinski definition) is 1. The van der Waals surface area contributed by atoms with Gasteiger partial charge in [0.05, 0.1) is 27.7 Å². The van der Waals surface area contributed by atoms with E-state index in [0.717, 1.165) is 24.0 Å². The zero-order valence-corrected chi connectivity index (χ0v) is 11.6. The number of carboxylic acids is 1. The van der Waals surface area contributed by atoms with Gasteiger partial charge in [-0.2, -0.15) is 0 Å². The lowest BCUT2D eigenvalue weighted by atomic mass is 10.3. The molecule has 5 nitrogen and oxygen atoms in total. The summed E-state index contributed by atoms with van der Waals surface area (Å²) < 4.78 is 0.934. The van der Waals surface area contributed by atoms with E-state index in [-0.39, 0.29) is 12.3 Å². The van der Waals surface area contributed by atoms with Crippen LogP contribution in [0, 0.1) is 0 Å². The molecule has 1 amide bonds. The maximum absolute atomic E-state index is 10.7. The highest BCUT2D eigenvalue weighted by molar-refractivity contribution is 5.86. The summed E-state index contributed by atoms with van der Waals surface area (Å²) in [6.45, 7) is 8.36. The Bertz CT molecular complexity index is 280. The summed E-state index contributed by atoms with van der Waals surface area (Å²) in [4.78, 5) is 20.1. The minimum absolute atomic E-state index is 0.0556.